The molecular weight excluding hydrogens is 408 g/mol. The molecule has 2 aromatic carbocycles. The van der Waals surface area contributed by atoms with Gasteiger partial charge in [0.15, 0.2) is 0 Å². The smallest absolute Gasteiger partial charge is 0.313 e. The van der Waals surface area contributed by atoms with Crippen LogP contribution >= 0.6 is 0 Å². The van der Waals surface area contributed by atoms with Gasteiger partial charge < -0.3 is 9.47 Å². The van der Waals surface area contributed by atoms with Crippen LogP contribution in [-0.4, -0.2) is 28.7 Å². The zero-order valence-electron chi connectivity index (χ0n) is 18.1. The molecule has 166 valence electrons. The van der Waals surface area contributed by atoms with E-state index in [4.69, 9.17) is 14.7 Å². The van der Waals surface area contributed by atoms with Crippen LogP contribution in [0.4, 0.5) is 0 Å². The summed E-state index contributed by atoms with van der Waals surface area (Å²) in [5.74, 6) is -0.754. The molecule has 1 heterocycles. The molecule has 0 saturated heterocycles. The van der Waals surface area contributed by atoms with Crippen molar-refractivity contribution >= 4 is 22.8 Å². The van der Waals surface area contributed by atoms with Crippen LogP contribution in [0.25, 0.3) is 10.9 Å². The van der Waals surface area contributed by atoms with E-state index >= 15 is 0 Å². The van der Waals surface area contributed by atoms with Crippen LogP contribution in [0.2, 0.25) is 0 Å². The van der Waals surface area contributed by atoms with Crippen LogP contribution < -0.4 is 10.2 Å². The highest BCUT2D eigenvalue weighted by atomic mass is 16.5. The highest BCUT2D eigenvalue weighted by Crippen LogP contribution is 2.55. The zero-order chi connectivity index (χ0) is 22.7. The first kappa shape index (κ1) is 21.8. The van der Waals surface area contributed by atoms with Crippen molar-refractivity contribution in [1.82, 2.24) is 10.5 Å². The quantitative estimate of drug-likeness (QED) is 0.318. The first-order valence-corrected chi connectivity index (χ1v) is 10.6. The number of carbonyl (C=O) groups is 2. The van der Waals surface area contributed by atoms with Gasteiger partial charge >= 0.3 is 5.97 Å². The predicted octanol–water partition coefficient (Wildman–Crippen LogP) is 3.74. The van der Waals surface area contributed by atoms with E-state index in [9.17, 15) is 9.59 Å². The summed E-state index contributed by atoms with van der Waals surface area (Å²) in [6, 6.07) is 17.6. The van der Waals surface area contributed by atoms with Crippen molar-refractivity contribution in [3.63, 3.8) is 0 Å². The molecule has 0 radical (unpaired) electrons. The molecule has 1 aliphatic carbocycles. The first-order chi connectivity index (χ1) is 15.5. The van der Waals surface area contributed by atoms with Crippen molar-refractivity contribution in [2.24, 2.45) is 11.3 Å². The lowest BCUT2D eigenvalue weighted by atomic mass is 9.93. The summed E-state index contributed by atoms with van der Waals surface area (Å²) in [7, 11) is 0. The molecule has 32 heavy (non-hydrogen) atoms. The summed E-state index contributed by atoms with van der Waals surface area (Å²) in [6.45, 7) is 4.31. The van der Waals surface area contributed by atoms with Gasteiger partial charge in [-0.1, -0.05) is 36.4 Å². The summed E-state index contributed by atoms with van der Waals surface area (Å²) in [4.78, 5) is 28.9. The average molecular weight is 434 g/mol. The van der Waals surface area contributed by atoms with E-state index in [0.717, 1.165) is 33.5 Å². The third-order valence-corrected chi connectivity index (χ3v) is 5.93. The minimum atomic E-state index is -0.922. The number of pyridine rings is 1. The lowest BCUT2D eigenvalue weighted by Gasteiger charge is -2.16. The summed E-state index contributed by atoms with van der Waals surface area (Å²) in [6.07, 6.45) is 0.733. The number of rotatable bonds is 8. The van der Waals surface area contributed by atoms with Gasteiger partial charge in [-0.05, 0) is 49.9 Å². The molecule has 2 atom stereocenters. The van der Waals surface area contributed by atoms with E-state index in [0.29, 0.717) is 19.4 Å². The van der Waals surface area contributed by atoms with Crippen LogP contribution in [0, 0.1) is 18.3 Å². The molecule has 1 saturated carbocycles. The highest BCUT2D eigenvalue weighted by Gasteiger charge is 2.64. The monoisotopic (exact) mass is 434 g/mol. The number of para-hydroxylation sites is 1. The van der Waals surface area contributed by atoms with Gasteiger partial charge in [-0.25, -0.2) is 5.48 Å². The SMILES string of the molecule is CCOC(=O)[C@@]1(Cc2ccc(COc3cc(C)nc4ccccc34)cc2)C[C@@H]1C(=O)NO. The molecule has 3 aromatic rings. The van der Waals surface area contributed by atoms with Crippen molar-refractivity contribution in [2.45, 2.75) is 33.3 Å². The lowest BCUT2D eigenvalue weighted by molar-refractivity contribution is -0.152. The van der Waals surface area contributed by atoms with Crippen molar-refractivity contribution in [3.05, 3.63) is 71.4 Å². The third-order valence-electron chi connectivity index (χ3n) is 5.93. The molecule has 0 bridgehead atoms. The van der Waals surface area contributed by atoms with Crippen LogP contribution in [0.3, 0.4) is 0 Å². The van der Waals surface area contributed by atoms with Gasteiger partial charge in [0.05, 0.1) is 23.5 Å². The van der Waals surface area contributed by atoms with Crippen LogP contribution in [0.5, 0.6) is 5.75 Å². The maximum Gasteiger partial charge on any atom is 0.313 e. The maximum absolute atomic E-state index is 12.5. The summed E-state index contributed by atoms with van der Waals surface area (Å²) in [5.41, 5.74) is 4.42. The highest BCUT2D eigenvalue weighted by molar-refractivity contribution is 5.93. The summed E-state index contributed by atoms with van der Waals surface area (Å²) in [5, 5.41) is 9.92. The molecule has 7 heteroatoms. The average Bonchev–Trinajstić information content (AvgIpc) is 3.53. The molecule has 1 aliphatic rings. The largest absolute Gasteiger partial charge is 0.488 e. The second-order valence-corrected chi connectivity index (χ2v) is 8.17. The number of aromatic nitrogens is 1. The van der Waals surface area contributed by atoms with Gasteiger partial charge in [0.2, 0.25) is 5.91 Å². The number of hydrogen-bond donors (Lipinski definition) is 2. The second kappa shape index (κ2) is 8.96. The Labute approximate surface area is 186 Å². The molecule has 4 rings (SSSR count). The number of amides is 1. The predicted molar refractivity (Wildman–Crippen MR) is 118 cm³/mol. The molecule has 1 fully saturated rings. The van der Waals surface area contributed by atoms with E-state index in [2.05, 4.69) is 4.98 Å². The van der Waals surface area contributed by atoms with Gasteiger partial charge in [-0.2, -0.15) is 0 Å². The fourth-order valence-corrected chi connectivity index (χ4v) is 4.16. The van der Waals surface area contributed by atoms with E-state index < -0.39 is 23.2 Å². The number of hydrogen-bond acceptors (Lipinski definition) is 6. The van der Waals surface area contributed by atoms with Crippen molar-refractivity contribution < 1.29 is 24.3 Å². The third kappa shape index (κ3) is 4.29. The van der Waals surface area contributed by atoms with E-state index in [1.807, 2.05) is 61.5 Å². The Morgan fingerprint density at radius 2 is 1.88 bits per heavy atom. The Balaban J connectivity index is 1.46. The number of esters is 1. The number of nitrogens with one attached hydrogen (secondary N) is 1. The van der Waals surface area contributed by atoms with Crippen molar-refractivity contribution in [1.29, 1.82) is 0 Å². The Morgan fingerprint density at radius 1 is 1.16 bits per heavy atom. The molecule has 0 spiro atoms. The molecule has 0 aliphatic heterocycles. The molecule has 0 unspecified atom stereocenters. The Morgan fingerprint density at radius 3 is 2.59 bits per heavy atom. The topological polar surface area (TPSA) is 97.8 Å². The number of fused-ring (bicyclic) bond motifs is 1. The summed E-state index contributed by atoms with van der Waals surface area (Å²) < 4.78 is 11.3. The van der Waals surface area contributed by atoms with Gasteiger partial charge in [-0.3, -0.25) is 19.8 Å². The van der Waals surface area contributed by atoms with Crippen LogP contribution in [-0.2, 0) is 27.4 Å². The first-order valence-electron chi connectivity index (χ1n) is 10.6. The Bertz CT molecular complexity index is 1140. The number of nitrogens with zero attached hydrogens (tertiary/aromatic N) is 1. The Hall–Kier alpha value is -3.45. The van der Waals surface area contributed by atoms with E-state index in [-0.39, 0.29) is 6.61 Å². The zero-order valence-corrected chi connectivity index (χ0v) is 18.1. The van der Waals surface area contributed by atoms with Crippen LogP contribution in [0.1, 0.15) is 30.2 Å². The lowest BCUT2D eigenvalue weighted by Crippen LogP contribution is -2.30. The fourth-order valence-electron chi connectivity index (χ4n) is 4.16. The fraction of sp³-hybridized carbons (Fsp3) is 0.320. The molecule has 7 nitrogen and oxygen atoms in total. The number of aryl methyl sites for hydroxylation is 1. The van der Waals surface area contributed by atoms with Crippen LogP contribution in [0.15, 0.2) is 54.6 Å². The van der Waals surface area contributed by atoms with Gasteiger partial charge in [0.25, 0.3) is 0 Å². The van der Waals surface area contributed by atoms with Crippen molar-refractivity contribution in [2.75, 3.05) is 6.61 Å². The van der Waals surface area contributed by atoms with E-state index in [1.54, 1.807) is 12.4 Å². The molecule has 1 amide bonds. The number of ether oxygens (including phenoxy) is 2. The minimum Gasteiger partial charge on any atom is -0.488 e. The number of hydroxylamine groups is 1. The normalized spacial score (nSPS) is 19.4. The van der Waals surface area contributed by atoms with Gasteiger partial charge in [-0.15, -0.1) is 0 Å². The maximum atomic E-state index is 12.5. The molecule has 1 aromatic heterocycles. The van der Waals surface area contributed by atoms with Crippen molar-refractivity contribution in [3.8, 4) is 5.75 Å². The van der Waals surface area contributed by atoms with E-state index in [1.165, 1.54) is 0 Å². The summed E-state index contributed by atoms with van der Waals surface area (Å²) >= 11 is 0. The number of carbonyl (C=O) groups excluding carboxylic acids is 2. The number of benzene rings is 2. The van der Waals surface area contributed by atoms with Gasteiger partial charge in [0, 0.05) is 17.1 Å². The standard InChI is InChI=1S/C25H26N2O5/c1-3-31-24(29)25(14-20(25)23(28)27-30)13-17-8-10-18(11-9-17)15-32-22-12-16(2)26-21-7-5-4-6-19(21)22/h4-12,20,30H,3,13-15H2,1-2H3,(H,27,28)/t20-,25+/m1/s1. The molecule has 2 N–H and O–H groups in total. The second-order valence-electron chi connectivity index (χ2n) is 8.17. The molecular formula is C25H26N2O5. The van der Waals surface area contributed by atoms with Gasteiger partial charge in [0.1, 0.15) is 12.4 Å². The Kier molecular flexibility index (Phi) is 6.10. The minimum absolute atomic E-state index is 0.244.